The minimum atomic E-state index is -4.61. The lowest BCUT2D eigenvalue weighted by atomic mass is 10.3. The molecule has 0 aliphatic carbocycles. The van der Waals surface area contributed by atoms with Gasteiger partial charge in [-0.25, -0.2) is 4.98 Å². The zero-order valence-electron chi connectivity index (χ0n) is 9.32. The molecule has 100 valence electrons. The highest BCUT2D eigenvalue weighted by Gasteiger charge is 2.32. The first-order valence-electron chi connectivity index (χ1n) is 5.02. The maximum Gasteiger partial charge on any atom is 0.433 e. The van der Waals surface area contributed by atoms with E-state index in [0.29, 0.717) is 0 Å². The van der Waals surface area contributed by atoms with E-state index in [0.717, 1.165) is 12.1 Å². The van der Waals surface area contributed by atoms with Crippen LogP contribution in [-0.2, 0) is 6.18 Å². The predicted octanol–water partition coefficient (Wildman–Crippen LogP) is 1.66. The van der Waals surface area contributed by atoms with Crippen molar-refractivity contribution in [3.8, 4) is 0 Å². The number of aromatic nitrogens is 3. The summed E-state index contributed by atoms with van der Waals surface area (Å²) in [4.78, 5) is 15.0. The van der Waals surface area contributed by atoms with Crippen LogP contribution >= 0.6 is 0 Å². The molecule has 0 saturated carbocycles. The number of hydrogen-bond donors (Lipinski definition) is 3. The van der Waals surface area contributed by atoms with E-state index in [2.05, 4.69) is 20.5 Å². The Kier molecular flexibility index (Phi) is 3.11. The number of alkyl halides is 3. The highest BCUT2D eigenvalue weighted by atomic mass is 19.4. The molecule has 0 spiro atoms. The van der Waals surface area contributed by atoms with Crippen LogP contribution in [0.1, 0.15) is 16.2 Å². The van der Waals surface area contributed by atoms with Crippen LogP contribution in [0.15, 0.2) is 24.4 Å². The number of H-pyrrole nitrogens is 1. The first-order chi connectivity index (χ1) is 8.88. The molecule has 0 saturated heterocycles. The van der Waals surface area contributed by atoms with E-state index in [4.69, 9.17) is 5.73 Å². The van der Waals surface area contributed by atoms with Gasteiger partial charge in [0.25, 0.3) is 5.91 Å². The molecule has 0 unspecified atom stereocenters. The first-order valence-corrected chi connectivity index (χ1v) is 5.02. The Hall–Kier alpha value is -2.58. The average Bonchev–Trinajstić information content (AvgIpc) is 2.74. The maximum absolute atomic E-state index is 12.4. The molecular formula is C10H8F3N5O. The van der Waals surface area contributed by atoms with Gasteiger partial charge >= 0.3 is 6.18 Å². The quantitative estimate of drug-likeness (QED) is 0.773. The second-order valence-electron chi connectivity index (χ2n) is 3.56. The number of hydrogen-bond acceptors (Lipinski definition) is 4. The third kappa shape index (κ3) is 2.81. The molecule has 0 bridgehead atoms. The van der Waals surface area contributed by atoms with Crippen LogP contribution in [-0.4, -0.2) is 21.1 Å². The van der Waals surface area contributed by atoms with Gasteiger partial charge in [-0.15, -0.1) is 0 Å². The van der Waals surface area contributed by atoms with Gasteiger partial charge in [0.15, 0.2) is 0 Å². The third-order valence-electron chi connectivity index (χ3n) is 2.19. The van der Waals surface area contributed by atoms with Crippen LogP contribution in [0.3, 0.4) is 0 Å². The second-order valence-corrected chi connectivity index (χ2v) is 3.56. The Morgan fingerprint density at radius 3 is 2.68 bits per heavy atom. The molecule has 1 amide bonds. The highest BCUT2D eigenvalue weighted by molar-refractivity contribution is 6.04. The normalized spacial score (nSPS) is 11.3. The van der Waals surface area contributed by atoms with Gasteiger partial charge in [0, 0.05) is 0 Å². The summed E-state index contributed by atoms with van der Waals surface area (Å²) in [6, 6.07) is 3.05. The first kappa shape index (κ1) is 12.9. The molecule has 19 heavy (non-hydrogen) atoms. The van der Waals surface area contributed by atoms with Gasteiger partial charge in [-0.2, -0.15) is 18.3 Å². The molecular weight excluding hydrogens is 263 g/mol. The van der Waals surface area contributed by atoms with Crippen LogP contribution < -0.4 is 11.1 Å². The Balaban J connectivity index is 2.23. The van der Waals surface area contributed by atoms with Crippen molar-refractivity contribution in [2.75, 3.05) is 11.1 Å². The van der Waals surface area contributed by atoms with Gasteiger partial charge in [-0.1, -0.05) is 6.07 Å². The van der Waals surface area contributed by atoms with Crippen molar-refractivity contribution < 1.29 is 18.0 Å². The highest BCUT2D eigenvalue weighted by Crippen LogP contribution is 2.27. The Bertz CT molecular complexity index is 607. The number of halogens is 3. The van der Waals surface area contributed by atoms with E-state index in [1.54, 1.807) is 0 Å². The monoisotopic (exact) mass is 271 g/mol. The van der Waals surface area contributed by atoms with Crippen molar-refractivity contribution in [3.63, 3.8) is 0 Å². The molecule has 6 nitrogen and oxygen atoms in total. The fourth-order valence-corrected chi connectivity index (χ4v) is 1.30. The lowest BCUT2D eigenvalue weighted by Gasteiger charge is -2.07. The fourth-order valence-electron chi connectivity index (χ4n) is 1.30. The van der Waals surface area contributed by atoms with E-state index in [9.17, 15) is 18.0 Å². The number of nitrogens with one attached hydrogen (secondary N) is 2. The number of nitrogens with two attached hydrogens (primary N) is 1. The molecule has 2 aromatic heterocycles. The van der Waals surface area contributed by atoms with E-state index in [1.165, 1.54) is 12.3 Å². The predicted molar refractivity (Wildman–Crippen MR) is 60.2 cm³/mol. The molecule has 0 aromatic carbocycles. The van der Waals surface area contributed by atoms with E-state index in [-0.39, 0.29) is 17.2 Å². The van der Waals surface area contributed by atoms with Crippen molar-refractivity contribution in [1.29, 1.82) is 0 Å². The molecule has 9 heteroatoms. The van der Waals surface area contributed by atoms with Crippen LogP contribution in [0.25, 0.3) is 0 Å². The molecule has 2 aromatic rings. The summed E-state index contributed by atoms with van der Waals surface area (Å²) in [5, 5.41) is 8.23. The lowest BCUT2D eigenvalue weighted by molar-refractivity contribution is -0.141. The van der Waals surface area contributed by atoms with E-state index >= 15 is 0 Å². The summed E-state index contributed by atoms with van der Waals surface area (Å²) in [5.41, 5.74) is 4.10. The van der Waals surface area contributed by atoms with Crippen molar-refractivity contribution in [1.82, 2.24) is 15.2 Å². The van der Waals surface area contributed by atoms with Crippen LogP contribution in [0, 0.1) is 0 Å². The van der Waals surface area contributed by atoms with Crippen molar-refractivity contribution in [2.24, 2.45) is 0 Å². The van der Waals surface area contributed by atoms with Crippen LogP contribution in [0.4, 0.5) is 24.7 Å². The average molecular weight is 271 g/mol. The summed E-state index contributed by atoms with van der Waals surface area (Å²) in [6.07, 6.45) is -3.37. The number of rotatable bonds is 2. The number of carbonyl (C=O) groups is 1. The molecule has 0 radical (unpaired) electrons. The number of carbonyl (C=O) groups excluding carboxylic acids is 1. The molecule has 2 heterocycles. The molecule has 0 aliphatic heterocycles. The van der Waals surface area contributed by atoms with Gasteiger partial charge in [-0.05, 0) is 12.1 Å². The van der Waals surface area contributed by atoms with Gasteiger partial charge in [0.2, 0.25) is 0 Å². The SMILES string of the molecule is Nc1[nH]ncc1NC(=O)c1cccc(C(F)(F)F)n1. The van der Waals surface area contributed by atoms with Gasteiger partial charge in [0.05, 0.1) is 6.20 Å². The van der Waals surface area contributed by atoms with Gasteiger partial charge in [-0.3, -0.25) is 9.89 Å². The fraction of sp³-hybridized carbons (Fsp3) is 0.100. The zero-order chi connectivity index (χ0) is 14.0. The standard InChI is InChI=1S/C10H8F3N5O/c11-10(12,13)7-3-1-2-5(16-7)9(19)17-6-4-15-18-8(6)14/h1-4H,(H,17,19)(H3,14,15,18). The van der Waals surface area contributed by atoms with Gasteiger partial charge in [0.1, 0.15) is 22.9 Å². The summed E-state index contributed by atoms with van der Waals surface area (Å²) in [7, 11) is 0. The summed E-state index contributed by atoms with van der Waals surface area (Å²) in [5.74, 6) is -0.709. The van der Waals surface area contributed by atoms with E-state index < -0.39 is 17.8 Å². The number of anilines is 2. The van der Waals surface area contributed by atoms with Crippen molar-refractivity contribution in [3.05, 3.63) is 35.8 Å². The van der Waals surface area contributed by atoms with E-state index in [1.807, 2.05) is 0 Å². The summed E-state index contributed by atoms with van der Waals surface area (Å²) < 4.78 is 37.3. The molecule has 2 rings (SSSR count). The number of amides is 1. The number of nitrogen functional groups attached to an aromatic ring is 1. The number of nitrogens with zero attached hydrogens (tertiary/aromatic N) is 2. The smallest absolute Gasteiger partial charge is 0.382 e. The largest absolute Gasteiger partial charge is 0.433 e. The van der Waals surface area contributed by atoms with Crippen LogP contribution in [0.2, 0.25) is 0 Å². The lowest BCUT2D eigenvalue weighted by Crippen LogP contribution is -2.17. The second kappa shape index (κ2) is 4.59. The minimum absolute atomic E-state index is 0.0975. The Morgan fingerprint density at radius 2 is 2.11 bits per heavy atom. The number of aromatic amines is 1. The summed E-state index contributed by atoms with van der Waals surface area (Å²) >= 11 is 0. The van der Waals surface area contributed by atoms with Crippen molar-refractivity contribution >= 4 is 17.4 Å². The van der Waals surface area contributed by atoms with Crippen molar-refractivity contribution in [2.45, 2.75) is 6.18 Å². The van der Waals surface area contributed by atoms with Crippen LogP contribution in [0.5, 0.6) is 0 Å². The Morgan fingerprint density at radius 1 is 1.37 bits per heavy atom. The third-order valence-corrected chi connectivity index (χ3v) is 2.19. The maximum atomic E-state index is 12.4. The topological polar surface area (TPSA) is 96.7 Å². The minimum Gasteiger partial charge on any atom is -0.382 e. The van der Waals surface area contributed by atoms with Gasteiger partial charge < -0.3 is 11.1 Å². The number of pyridine rings is 1. The zero-order valence-corrected chi connectivity index (χ0v) is 9.32. The molecule has 0 fully saturated rings. The molecule has 4 N–H and O–H groups in total. The Labute approximate surface area is 104 Å². The molecule has 0 aliphatic rings. The summed E-state index contributed by atoms with van der Waals surface area (Å²) in [6.45, 7) is 0. The molecule has 0 atom stereocenters.